The van der Waals surface area contributed by atoms with Crippen molar-refractivity contribution in [1.82, 2.24) is 0 Å². The van der Waals surface area contributed by atoms with Gasteiger partial charge < -0.3 is 8.85 Å². The molecule has 1 fully saturated rings. The quantitative estimate of drug-likeness (QED) is 0.705. The molecule has 0 heterocycles. The molecule has 108 valence electrons. The molecule has 0 amide bonds. The third-order valence-corrected chi connectivity index (χ3v) is 6.21. The summed E-state index contributed by atoms with van der Waals surface area (Å²) < 4.78 is 12.5. The van der Waals surface area contributed by atoms with Crippen LogP contribution in [0.15, 0.2) is 0 Å². The first-order valence-electron chi connectivity index (χ1n) is 7.51. The van der Waals surface area contributed by atoms with E-state index in [1.807, 2.05) is 0 Å². The third kappa shape index (κ3) is 7.55. The molecule has 0 saturated heterocycles. The number of rotatable bonds is 4. The second kappa shape index (κ2) is 6.53. The van der Waals surface area contributed by atoms with E-state index in [9.17, 15) is 0 Å². The van der Waals surface area contributed by atoms with E-state index in [1.54, 1.807) is 0 Å². The molecular weight excluding hydrogens is 240 g/mol. The third-order valence-electron chi connectivity index (χ3n) is 3.22. The van der Waals surface area contributed by atoms with E-state index in [4.69, 9.17) is 8.85 Å². The molecule has 0 aliphatic heterocycles. The summed E-state index contributed by atoms with van der Waals surface area (Å²) >= 11 is 0. The topological polar surface area (TPSA) is 18.5 Å². The van der Waals surface area contributed by atoms with Crippen LogP contribution in [0.4, 0.5) is 0 Å². The van der Waals surface area contributed by atoms with Gasteiger partial charge in [-0.1, -0.05) is 32.1 Å². The van der Waals surface area contributed by atoms with Crippen molar-refractivity contribution in [2.45, 2.75) is 90.9 Å². The van der Waals surface area contributed by atoms with Crippen LogP contribution in [0.3, 0.4) is 0 Å². The van der Waals surface area contributed by atoms with Gasteiger partial charge in [-0.25, -0.2) is 0 Å². The van der Waals surface area contributed by atoms with Crippen molar-refractivity contribution in [3.63, 3.8) is 0 Å². The Morgan fingerprint density at radius 3 is 1.67 bits per heavy atom. The first kappa shape index (κ1) is 16.2. The maximum Gasteiger partial charge on any atom is 0.322 e. The summed E-state index contributed by atoms with van der Waals surface area (Å²) in [6.07, 6.45) is 6.98. The van der Waals surface area contributed by atoms with E-state index in [-0.39, 0.29) is 11.2 Å². The Bertz CT molecular complexity index is 218. The van der Waals surface area contributed by atoms with E-state index in [0.717, 1.165) is 5.92 Å². The zero-order valence-corrected chi connectivity index (χ0v) is 14.4. The fourth-order valence-electron chi connectivity index (χ4n) is 2.60. The van der Waals surface area contributed by atoms with E-state index >= 15 is 0 Å². The summed E-state index contributed by atoms with van der Waals surface area (Å²) in [5.41, 5.74) is -0.145. The molecule has 0 aromatic heterocycles. The Morgan fingerprint density at radius 1 is 0.833 bits per heavy atom. The van der Waals surface area contributed by atoms with Crippen molar-refractivity contribution >= 4 is 9.28 Å². The molecule has 2 nitrogen and oxygen atoms in total. The normalized spacial score (nSPS) is 19.5. The largest absolute Gasteiger partial charge is 0.392 e. The summed E-state index contributed by atoms with van der Waals surface area (Å²) in [4.78, 5) is 0. The van der Waals surface area contributed by atoms with Crippen molar-refractivity contribution in [3.05, 3.63) is 0 Å². The maximum absolute atomic E-state index is 6.23. The maximum atomic E-state index is 6.23. The Balaban J connectivity index is 2.53. The average molecular weight is 273 g/mol. The molecule has 0 radical (unpaired) electrons. The van der Waals surface area contributed by atoms with Gasteiger partial charge in [0, 0.05) is 11.2 Å². The van der Waals surface area contributed by atoms with Crippen LogP contribution in [-0.2, 0) is 8.85 Å². The second-order valence-corrected chi connectivity index (χ2v) is 9.43. The second-order valence-electron chi connectivity index (χ2n) is 7.63. The van der Waals surface area contributed by atoms with E-state index in [2.05, 4.69) is 41.5 Å². The highest BCUT2D eigenvalue weighted by Gasteiger charge is 2.29. The minimum absolute atomic E-state index is 0.0726. The van der Waals surface area contributed by atoms with Crippen molar-refractivity contribution < 1.29 is 8.85 Å². The van der Waals surface area contributed by atoms with Crippen molar-refractivity contribution in [1.29, 1.82) is 0 Å². The first-order chi connectivity index (χ1) is 8.16. The number of hydrogen-bond donors (Lipinski definition) is 0. The zero-order valence-electron chi connectivity index (χ0n) is 13.2. The fourth-order valence-corrected chi connectivity index (χ4v) is 5.44. The minimum atomic E-state index is -1.56. The Labute approximate surface area is 115 Å². The van der Waals surface area contributed by atoms with E-state index < -0.39 is 9.28 Å². The summed E-state index contributed by atoms with van der Waals surface area (Å²) in [5, 5.41) is 0. The number of hydrogen-bond acceptors (Lipinski definition) is 2. The Kier molecular flexibility index (Phi) is 5.88. The van der Waals surface area contributed by atoms with Crippen LogP contribution in [0.5, 0.6) is 0 Å². The lowest BCUT2D eigenvalue weighted by atomic mass is 9.91. The fraction of sp³-hybridized carbons (Fsp3) is 1.00. The molecule has 1 saturated carbocycles. The molecule has 1 aliphatic carbocycles. The van der Waals surface area contributed by atoms with Crippen molar-refractivity contribution in [2.24, 2.45) is 5.92 Å². The minimum Gasteiger partial charge on any atom is -0.392 e. The summed E-state index contributed by atoms with van der Waals surface area (Å²) in [6.45, 7) is 12.8. The lowest BCUT2D eigenvalue weighted by molar-refractivity contribution is 0.0312. The van der Waals surface area contributed by atoms with Crippen LogP contribution in [0.25, 0.3) is 0 Å². The van der Waals surface area contributed by atoms with Gasteiger partial charge in [0.15, 0.2) is 0 Å². The van der Waals surface area contributed by atoms with Gasteiger partial charge >= 0.3 is 9.28 Å². The lowest BCUT2D eigenvalue weighted by Gasteiger charge is -2.34. The van der Waals surface area contributed by atoms with Crippen LogP contribution in [0, 0.1) is 5.92 Å². The average Bonchev–Trinajstić information content (AvgIpc) is 2.13. The standard InChI is InChI=1S/C15H32O2Si/c1-14(2,3)16-18(17-15(4,5)6)12-13-10-8-7-9-11-13/h13,18H,7-12H2,1-6H3. The molecule has 0 atom stereocenters. The molecule has 0 aromatic rings. The molecule has 18 heavy (non-hydrogen) atoms. The van der Waals surface area contributed by atoms with Crippen LogP contribution >= 0.6 is 0 Å². The van der Waals surface area contributed by atoms with Crippen LogP contribution in [0.2, 0.25) is 6.04 Å². The monoisotopic (exact) mass is 272 g/mol. The van der Waals surface area contributed by atoms with E-state index in [0.29, 0.717) is 0 Å². The lowest BCUT2D eigenvalue weighted by Crippen LogP contribution is -2.40. The van der Waals surface area contributed by atoms with Gasteiger partial charge in [0.05, 0.1) is 0 Å². The summed E-state index contributed by atoms with van der Waals surface area (Å²) in [5.74, 6) is 0.847. The molecule has 0 unspecified atom stereocenters. The van der Waals surface area contributed by atoms with Crippen LogP contribution < -0.4 is 0 Å². The molecule has 0 bridgehead atoms. The summed E-state index contributed by atoms with van der Waals surface area (Å²) in [7, 11) is -1.56. The van der Waals surface area contributed by atoms with Crippen molar-refractivity contribution in [2.75, 3.05) is 0 Å². The van der Waals surface area contributed by atoms with Gasteiger partial charge in [0.2, 0.25) is 0 Å². The van der Waals surface area contributed by atoms with Gasteiger partial charge in [-0.15, -0.1) is 0 Å². The molecule has 0 spiro atoms. The Hall–Kier alpha value is 0.137. The van der Waals surface area contributed by atoms with Crippen LogP contribution in [-0.4, -0.2) is 20.5 Å². The zero-order chi connectivity index (χ0) is 13.8. The Morgan fingerprint density at radius 2 is 1.28 bits per heavy atom. The highest BCUT2D eigenvalue weighted by atomic mass is 28.3. The first-order valence-corrected chi connectivity index (χ1v) is 9.27. The molecule has 1 rings (SSSR count). The molecular formula is C15H32O2Si. The van der Waals surface area contributed by atoms with Crippen molar-refractivity contribution in [3.8, 4) is 0 Å². The summed E-state index contributed by atoms with van der Waals surface area (Å²) in [6, 6.07) is 1.19. The predicted octanol–water partition coefficient (Wildman–Crippen LogP) is 4.42. The smallest absolute Gasteiger partial charge is 0.322 e. The highest BCUT2D eigenvalue weighted by molar-refractivity contribution is 6.44. The van der Waals surface area contributed by atoms with Gasteiger partial charge in [0.25, 0.3) is 0 Å². The van der Waals surface area contributed by atoms with Gasteiger partial charge in [-0.3, -0.25) is 0 Å². The SMILES string of the molecule is CC(C)(C)O[SiH](CC1CCCCC1)OC(C)(C)C. The highest BCUT2D eigenvalue weighted by Crippen LogP contribution is 2.30. The van der Waals surface area contributed by atoms with Gasteiger partial charge in [0.1, 0.15) is 0 Å². The van der Waals surface area contributed by atoms with E-state index in [1.165, 1.54) is 38.1 Å². The predicted molar refractivity (Wildman–Crippen MR) is 80.2 cm³/mol. The molecule has 1 aliphatic rings. The molecule has 0 aromatic carbocycles. The van der Waals surface area contributed by atoms with Gasteiger partial charge in [-0.05, 0) is 53.5 Å². The molecule has 3 heteroatoms. The molecule has 0 N–H and O–H groups in total. The van der Waals surface area contributed by atoms with Crippen LogP contribution in [0.1, 0.15) is 73.6 Å². The van der Waals surface area contributed by atoms with Gasteiger partial charge in [-0.2, -0.15) is 0 Å².